The molecule has 0 saturated carbocycles. The Kier molecular flexibility index (Phi) is 4.75. The molecule has 0 saturated heterocycles. The first-order chi connectivity index (χ1) is 11.7. The molecule has 10 heteroatoms. The number of amides is 1. The lowest BCUT2D eigenvalue weighted by Gasteiger charge is -2.24. The molecule has 0 spiro atoms. The zero-order valence-corrected chi connectivity index (χ0v) is 13.1. The van der Waals surface area contributed by atoms with Crippen LogP contribution in [-0.2, 0) is 9.47 Å². The van der Waals surface area contributed by atoms with E-state index >= 15 is 0 Å². The number of aromatic nitrogens is 3. The third-order valence-corrected chi connectivity index (χ3v) is 3.37. The second-order valence-corrected chi connectivity index (χ2v) is 5.02. The predicted molar refractivity (Wildman–Crippen MR) is 84.3 cm³/mol. The summed E-state index contributed by atoms with van der Waals surface area (Å²) in [6, 6.07) is 1.61. The molecular weight excluding hydrogens is 318 g/mol. The molecule has 0 aliphatic carbocycles. The van der Waals surface area contributed by atoms with Gasteiger partial charge >= 0.3 is 11.8 Å². The maximum Gasteiger partial charge on any atom is 0.461 e. The smallest absolute Gasteiger partial charge is 0.447 e. The van der Waals surface area contributed by atoms with E-state index in [1.807, 2.05) is 11.0 Å². The second-order valence-electron chi connectivity index (χ2n) is 5.02. The Morgan fingerprint density at radius 1 is 1.38 bits per heavy atom. The molecule has 24 heavy (non-hydrogen) atoms. The quantitative estimate of drug-likeness (QED) is 0.626. The van der Waals surface area contributed by atoms with Gasteiger partial charge in [-0.25, -0.2) is 9.59 Å². The maximum atomic E-state index is 11.8. The van der Waals surface area contributed by atoms with Crippen LogP contribution in [-0.4, -0.2) is 54.0 Å². The highest BCUT2D eigenvalue weighted by Gasteiger charge is 2.17. The Balaban J connectivity index is 1.88. The monoisotopic (exact) mass is 335 g/mol. The highest BCUT2D eigenvalue weighted by atomic mass is 16.6. The summed E-state index contributed by atoms with van der Waals surface area (Å²) in [6.45, 7) is 1.85. The molecule has 0 unspecified atom stereocenters. The highest BCUT2D eigenvalue weighted by molar-refractivity contribution is 5.84. The normalized spacial score (nSPS) is 14.1. The van der Waals surface area contributed by atoms with Gasteiger partial charge in [-0.1, -0.05) is 12.2 Å². The maximum absolute atomic E-state index is 11.8. The molecule has 0 aromatic carbocycles. The third-order valence-electron chi connectivity index (χ3n) is 3.37. The molecule has 2 aromatic heterocycles. The summed E-state index contributed by atoms with van der Waals surface area (Å²) < 4.78 is 15.8. The van der Waals surface area contributed by atoms with Crippen LogP contribution in [0.4, 0.5) is 16.4 Å². The molecule has 2 aromatic rings. The molecule has 0 radical (unpaired) electrons. The molecule has 10 nitrogen and oxygen atoms in total. The van der Waals surface area contributed by atoms with Crippen LogP contribution in [0.2, 0.25) is 0 Å². The minimum atomic E-state index is -0.797. The first-order valence-electron chi connectivity index (χ1n) is 7.41. The summed E-state index contributed by atoms with van der Waals surface area (Å²) in [7, 11) is 1.51. The topological polar surface area (TPSA) is 111 Å². The van der Waals surface area contributed by atoms with Crippen molar-refractivity contribution in [2.45, 2.75) is 6.42 Å². The highest BCUT2D eigenvalue weighted by Crippen LogP contribution is 2.20. The first-order valence-corrected chi connectivity index (χ1v) is 7.41. The summed E-state index contributed by atoms with van der Waals surface area (Å²) in [5, 5.41) is 2.53. The number of hydrogen-bond donors (Lipinski definition) is 1. The minimum absolute atomic E-state index is 0.0687. The molecule has 1 aliphatic heterocycles. The Bertz CT molecular complexity index is 811. The van der Waals surface area contributed by atoms with Crippen molar-refractivity contribution in [2.75, 3.05) is 43.6 Å². The first kappa shape index (κ1) is 16.0. The van der Waals surface area contributed by atoms with E-state index in [0.717, 1.165) is 17.5 Å². The van der Waals surface area contributed by atoms with Crippen LogP contribution < -0.4 is 16.0 Å². The summed E-state index contributed by atoms with van der Waals surface area (Å²) >= 11 is 0. The van der Waals surface area contributed by atoms with Crippen molar-refractivity contribution in [3.63, 3.8) is 0 Å². The summed E-state index contributed by atoms with van der Waals surface area (Å²) in [5.74, 6) is 0.0645. The number of fused-ring (bicyclic) bond motifs is 1. The van der Waals surface area contributed by atoms with Gasteiger partial charge in [0.25, 0.3) is 5.78 Å². The summed E-state index contributed by atoms with van der Waals surface area (Å²) in [4.78, 5) is 33.2. The fourth-order valence-corrected chi connectivity index (χ4v) is 2.27. The molecule has 3 heterocycles. The number of anilines is 2. The molecule has 3 rings (SSSR count). The van der Waals surface area contributed by atoms with Crippen molar-refractivity contribution in [3.8, 4) is 0 Å². The fourth-order valence-electron chi connectivity index (χ4n) is 2.27. The van der Waals surface area contributed by atoms with E-state index in [2.05, 4.69) is 21.4 Å². The number of hydrogen-bond acceptors (Lipinski definition) is 8. The van der Waals surface area contributed by atoms with E-state index in [1.165, 1.54) is 7.11 Å². The number of rotatable bonds is 5. The van der Waals surface area contributed by atoms with E-state index in [9.17, 15) is 9.59 Å². The minimum Gasteiger partial charge on any atom is -0.447 e. The molecule has 1 aliphatic rings. The average molecular weight is 335 g/mol. The van der Waals surface area contributed by atoms with Gasteiger partial charge < -0.3 is 18.9 Å². The van der Waals surface area contributed by atoms with Gasteiger partial charge in [-0.05, 0) is 6.42 Å². The second kappa shape index (κ2) is 7.13. The number of nitrogens with one attached hydrogen (secondary N) is 1. The van der Waals surface area contributed by atoms with Crippen molar-refractivity contribution in [3.05, 3.63) is 28.8 Å². The van der Waals surface area contributed by atoms with Crippen LogP contribution in [0.25, 0.3) is 5.78 Å². The number of methoxy groups -OCH3 is 1. The lowest BCUT2D eigenvalue weighted by molar-refractivity contribution is 0.107. The molecule has 0 fully saturated rings. The molecule has 0 bridgehead atoms. The standard InChI is InChI=1S/C14H17N5O5/c1-22-7-8-23-13(20)16-11-9-10(18-5-3-2-4-6-18)15-12-17-14(21)24-19(11)12/h2-3,9H,4-8H2,1H3,(H,16,20). The molecular formula is C14H17N5O5. The van der Waals surface area contributed by atoms with E-state index < -0.39 is 11.8 Å². The van der Waals surface area contributed by atoms with Crippen LogP contribution in [0.15, 0.2) is 27.5 Å². The lowest BCUT2D eigenvalue weighted by atomic mass is 10.2. The van der Waals surface area contributed by atoms with Gasteiger partial charge in [0, 0.05) is 26.3 Å². The Labute approximate surface area is 136 Å². The lowest BCUT2D eigenvalue weighted by Crippen LogP contribution is -2.28. The number of carbonyl (C=O) groups is 1. The third kappa shape index (κ3) is 3.54. The van der Waals surface area contributed by atoms with E-state index in [1.54, 1.807) is 6.07 Å². The fraction of sp³-hybridized carbons (Fsp3) is 0.429. The number of nitrogens with zero attached hydrogens (tertiary/aromatic N) is 4. The zero-order chi connectivity index (χ0) is 16.9. The largest absolute Gasteiger partial charge is 0.461 e. The van der Waals surface area contributed by atoms with E-state index in [4.69, 9.17) is 14.0 Å². The van der Waals surface area contributed by atoms with Crippen molar-refractivity contribution >= 4 is 23.5 Å². The van der Waals surface area contributed by atoms with Gasteiger partial charge in [-0.2, -0.15) is 4.98 Å². The van der Waals surface area contributed by atoms with Crippen molar-refractivity contribution in [1.29, 1.82) is 0 Å². The van der Waals surface area contributed by atoms with Crippen LogP contribution >= 0.6 is 0 Å². The van der Waals surface area contributed by atoms with E-state index in [-0.39, 0.29) is 24.8 Å². The average Bonchev–Trinajstić information content (AvgIpc) is 2.96. The molecule has 1 N–H and O–H groups in total. The van der Waals surface area contributed by atoms with Crippen molar-refractivity contribution < 1.29 is 18.8 Å². The molecule has 0 atom stereocenters. The van der Waals surface area contributed by atoms with Gasteiger partial charge in [0.05, 0.1) is 6.61 Å². The Morgan fingerprint density at radius 3 is 3.00 bits per heavy atom. The molecule has 1 amide bonds. The predicted octanol–water partition coefficient (Wildman–Crippen LogP) is 0.644. The van der Waals surface area contributed by atoms with Gasteiger partial charge in [0.1, 0.15) is 12.4 Å². The van der Waals surface area contributed by atoms with Gasteiger partial charge in [0.2, 0.25) is 0 Å². The molecule has 128 valence electrons. The summed E-state index contributed by atoms with van der Waals surface area (Å²) in [5.41, 5.74) is 0. The van der Waals surface area contributed by atoms with Crippen LogP contribution in [0.3, 0.4) is 0 Å². The van der Waals surface area contributed by atoms with E-state index in [0.29, 0.717) is 12.4 Å². The zero-order valence-electron chi connectivity index (χ0n) is 13.1. The van der Waals surface area contributed by atoms with Gasteiger partial charge in [-0.15, -0.1) is 9.56 Å². The Morgan fingerprint density at radius 2 is 2.25 bits per heavy atom. The van der Waals surface area contributed by atoms with Crippen molar-refractivity contribution in [1.82, 2.24) is 14.5 Å². The van der Waals surface area contributed by atoms with Crippen LogP contribution in [0.1, 0.15) is 6.42 Å². The number of carbonyl (C=O) groups excluding carboxylic acids is 1. The van der Waals surface area contributed by atoms with Gasteiger partial charge in [0.15, 0.2) is 5.82 Å². The SMILES string of the molecule is COCCOC(=O)Nc1cc(N2CC=CCC2)nc2nc(=O)on12. The van der Waals surface area contributed by atoms with Crippen LogP contribution in [0, 0.1) is 0 Å². The Hall–Kier alpha value is -2.88. The number of ether oxygens (including phenoxy) is 2. The van der Waals surface area contributed by atoms with Gasteiger partial charge in [-0.3, -0.25) is 5.32 Å². The van der Waals surface area contributed by atoms with Crippen molar-refractivity contribution in [2.24, 2.45) is 0 Å². The van der Waals surface area contributed by atoms with Crippen LogP contribution in [0.5, 0.6) is 0 Å². The summed E-state index contributed by atoms with van der Waals surface area (Å²) in [6.07, 6.45) is 4.30.